The summed E-state index contributed by atoms with van der Waals surface area (Å²) in [4.78, 5) is 25.7. The number of nitrogens with one attached hydrogen (secondary N) is 2. The fourth-order valence-corrected chi connectivity index (χ4v) is 3.39. The number of amides is 2. The Bertz CT molecular complexity index is 1060. The van der Waals surface area contributed by atoms with Crippen LogP contribution < -0.4 is 15.4 Å². The molecule has 0 aliphatic carbocycles. The van der Waals surface area contributed by atoms with E-state index in [2.05, 4.69) is 10.6 Å². The van der Waals surface area contributed by atoms with E-state index in [4.69, 9.17) is 4.74 Å². The number of hydrogen-bond acceptors (Lipinski definition) is 3. The Kier molecular flexibility index (Phi) is 8.03. The van der Waals surface area contributed by atoms with Crippen molar-refractivity contribution in [1.82, 2.24) is 5.32 Å². The maximum Gasteiger partial charge on any atom is 0.265 e. The van der Waals surface area contributed by atoms with Crippen LogP contribution in [0.4, 0.5) is 5.69 Å². The van der Waals surface area contributed by atoms with Crippen LogP contribution in [-0.4, -0.2) is 24.5 Å². The lowest BCUT2D eigenvalue weighted by atomic mass is 10.1. The largest absolute Gasteiger partial charge is 0.480 e. The van der Waals surface area contributed by atoms with E-state index in [1.54, 1.807) is 24.3 Å². The number of hydrogen-bond donors (Lipinski definition) is 2. The molecule has 0 spiro atoms. The first-order valence-corrected chi connectivity index (χ1v) is 10.9. The molecule has 0 aromatic heterocycles. The molecule has 0 fully saturated rings. The first-order chi connectivity index (χ1) is 15.5. The summed E-state index contributed by atoms with van der Waals surface area (Å²) in [5.74, 6) is 0.192. The Morgan fingerprint density at radius 3 is 2.38 bits per heavy atom. The molecule has 0 aliphatic rings. The highest BCUT2D eigenvalue weighted by Crippen LogP contribution is 2.23. The normalized spacial score (nSPS) is 11.5. The molecule has 0 saturated heterocycles. The second-order valence-electron chi connectivity index (χ2n) is 7.74. The third-order valence-corrected chi connectivity index (χ3v) is 5.46. The summed E-state index contributed by atoms with van der Waals surface area (Å²) in [5, 5.41) is 5.82. The number of carbonyl (C=O) groups is 2. The van der Waals surface area contributed by atoms with Gasteiger partial charge in [-0.3, -0.25) is 9.59 Å². The van der Waals surface area contributed by atoms with Crippen LogP contribution in [-0.2, 0) is 11.2 Å². The molecule has 0 unspecified atom stereocenters. The SMILES string of the molecule is CC[C@@H](Oc1cccc(C)c1C)C(=O)Nc1ccccc1C(=O)NCCc1ccccc1. The minimum Gasteiger partial charge on any atom is -0.480 e. The van der Waals surface area contributed by atoms with Crippen molar-refractivity contribution in [2.45, 2.75) is 39.7 Å². The zero-order valence-corrected chi connectivity index (χ0v) is 18.9. The van der Waals surface area contributed by atoms with Gasteiger partial charge in [0, 0.05) is 6.54 Å². The highest BCUT2D eigenvalue weighted by molar-refractivity contribution is 6.04. The van der Waals surface area contributed by atoms with E-state index in [-0.39, 0.29) is 11.8 Å². The summed E-state index contributed by atoms with van der Waals surface area (Å²) in [7, 11) is 0. The zero-order chi connectivity index (χ0) is 22.9. The van der Waals surface area contributed by atoms with Gasteiger partial charge in [-0.1, -0.05) is 61.5 Å². The molecule has 0 saturated carbocycles. The molecule has 5 nitrogen and oxygen atoms in total. The zero-order valence-electron chi connectivity index (χ0n) is 18.9. The lowest BCUT2D eigenvalue weighted by molar-refractivity contribution is -0.122. The van der Waals surface area contributed by atoms with Gasteiger partial charge in [-0.05, 0) is 61.6 Å². The average molecular weight is 431 g/mol. The van der Waals surface area contributed by atoms with Crippen molar-refractivity contribution in [1.29, 1.82) is 0 Å². The summed E-state index contributed by atoms with van der Waals surface area (Å²) >= 11 is 0. The first-order valence-electron chi connectivity index (χ1n) is 10.9. The lowest BCUT2D eigenvalue weighted by Crippen LogP contribution is -2.34. The predicted octanol–water partition coefficient (Wildman–Crippen LogP) is 5.07. The molecule has 3 rings (SSSR count). The maximum absolute atomic E-state index is 13.0. The Morgan fingerprint density at radius 2 is 1.62 bits per heavy atom. The van der Waals surface area contributed by atoms with Crippen molar-refractivity contribution in [2.75, 3.05) is 11.9 Å². The monoisotopic (exact) mass is 430 g/mol. The molecule has 0 aliphatic heterocycles. The van der Waals surface area contributed by atoms with E-state index >= 15 is 0 Å². The van der Waals surface area contributed by atoms with E-state index in [9.17, 15) is 9.59 Å². The van der Waals surface area contributed by atoms with Gasteiger partial charge >= 0.3 is 0 Å². The molecule has 2 amide bonds. The van der Waals surface area contributed by atoms with Gasteiger partial charge in [0.25, 0.3) is 11.8 Å². The minimum absolute atomic E-state index is 0.222. The number of carbonyl (C=O) groups excluding carboxylic acids is 2. The van der Waals surface area contributed by atoms with Gasteiger partial charge < -0.3 is 15.4 Å². The molecule has 166 valence electrons. The fourth-order valence-electron chi connectivity index (χ4n) is 3.39. The second-order valence-corrected chi connectivity index (χ2v) is 7.74. The Labute approximate surface area is 189 Å². The molecule has 3 aromatic rings. The molecule has 0 radical (unpaired) electrons. The van der Waals surface area contributed by atoms with E-state index in [1.807, 2.05) is 69.3 Å². The minimum atomic E-state index is -0.662. The number of rotatable bonds is 9. The Balaban J connectivity index is 1.65. The van der Waals surface area contributed by atoms with Crippen molar-refractivity contribution in [2.24, 2.45) is 0 Å². The van der Waals surface area contributed by atoms with Crippen LogP contribution in [0.15, 0.2) is 72.8 Å². The number of para-hydroxylation sites is 1. The Morgan fingerprint density at radius 1 is 0.906 bits per heavy atom. The highest BCUT2D eigenvalue weighted by atomic mass is 16.5. The van der Waals surface area contributed by atoms with Crippen molar-refractivity contribution in [3.8, 4) is 5.75 Å². The number of anilines is 1. The molecule has 3 aromatic carbocycles. The molecule has 0 heterocycles. The molecular formula is C27H30N2O3. The third kappa shape index (κ3) is 5.97. The number of aryl methyl sites for hydroxylation is 1. The van der Waals surface area contributed by atoms with Crippen LogP contribution in [0.2, 0.25) is 0 Å². The summed E-state index contributed by atoms with van der Waals surface area (Å²) < 4.78 is 6.01. The van der Waals surface area contributed by atoms with Crippen molar-refractivity contribution in [3.63, 3.8) is 0 Å². The van der Waals surface area contributed by atoms with Crippen molar-refractivity contribution in [3.05, 3.63) is 95.1 Å². The van der Waals surface area contributed by atoms with Crippen LogP contribution in [0.5, 0.6) is 5.75 Å². The maximum atomic E-state index is 13.0. The molecular weight excluding hydrogens is 400 g/mol. The van der Waals surface area contributed by atoms with E-state index in [0.29, 0.717) is 30.0 Å². The standard InChI is InChI=1S/C27H30N2O3/c1-4-24(32-25-16-10-11-19(2)20(25)3)27(31)29-23-15-9-8-14-22(23)26(30)28-18-17-21-12-6-5-7-13-21/h5-16,24H,4,17-18H2,1-3H3,(H,28,30)(H,29,31)/t24-/m1/s1. The Hall–Kier alpha value is -3.60. The van der Waals surface area contributed by atoms with Crippen LogP contribution in [0.3, 0.4) is 0 Å². The second kappa shape index (κ2) is 11.1. The quantitative estimate of drug-likeness (QED) is 0.498. The summed E-state index contributed by atoms with van der Waals surface area (Å²) in [5.41, 5.74) is 4.17. The van der Waals surface area contributed by atoms with Crippen molar-refractivity contribution >= 4 is 17.5 Å². The van der Waals surface area contributed by atoms with Gasteiger partial charge in [-0.25, -0.2) is 0 Å². The van der Waals surface area contributed by atoms with Crippen LogP contribution in [0.1, 0.15) is 40.4 Å². The van der Waals surface area contributed by atoms with Gasteiger partial charge in [0.2, 0.25) is 0 Å². The average Bonchev–Trinajstić information content (AvgIpc) is 2.81. The summed E-state index contributed by atoms with van der Waals surface area (Å²) in [6.07, 6.45) is 0.581. The van der Waals surface area contributed by atoms with E-state index < -0.39 is 6.10 Å². The molecule has 32 heavy (non-hydrogen) atoms. The predicted molar refractivity (Wildman–Crippen MR) is 128 cm³/mol. The lowest BCUT2D eigenvalue weighted by Gasteiger charge is -2.20. The molecule has 5 heteroatoms. The van der Waals surface area contributed by atoms with Gasteiger partial charge in [0.1, 0.15) is 5.75 Å². The van der Waals surface area contributed by atoms with Crippen LogP contribution in [0, 0.1) is 13.8 Å². The van der Waals surface area contributed by atoms with Crippen molar-refractivity contribution < 1.29 is 14.3 Å². The first kappa shape index (κ1) is 23.1. The number of ether oxygens (including phenoxy) is 1. The fraction of sp³-hybridized carbons (Fsp3) is 0.259. The molecule has 2 N–H and O–H groups in total. The smallest absolute Gasteiger partial charge is 0.265 e. The van der Waals surface area contributed by atoms with Gasteiger partial charge in [-0.15, -0.1) is 0 Å². The van der Waals surface area contributed by atoms with Gasteiger partial charge in [0.15, 0.2) is 6.10 Å². The summed E-state index contributed by atoms with van der Waals surface area (Å²) in [6, 6.07) is 22.8. The van der Waals surface area contributed by atoms with Gasteiger partial charge in [-0.2, -0.15) is 0 Å². The van der Waals surface area contributed by atoms with Crippen LogP contribution in [0.25, 0.3) is 0 Å². The molecule has 0 bridgehead atoms. The van der Waals surface area contributed by atoms with Crippen LogP contribution >= 0.6 is 0 Å². The molecule has 1 atom stereocenters. The van der Waals surface area contributed by atoms with E-state index in [0.717, 1.165) is 23.1 Å². The summed E-state index contributed by atoms with van der Waals surface area (Å²) in [6.45, 7) is 6.40. The third-order valence-electron chi connectivity index (χ3n) is 5.46. The topological polar surface area (TPSA) is 67.4 Å². The van der Waals surface area contributed by atoms with E-state index in [1.165, 1.54) is 0 Å². The highest BCUT2D eigenvalue weighted by Gasteiger charge is 2.21. The van der Waals surface area contributed by atoms with Gasteiger partial charge in [0.05, 0.1) is 11.3 Å². The number of benzene rings is 3.